The largest absolute Gasteiger partial charge is 0.353 e. The van der Waals surface area contributed by atoms with Crippen LogP contribution >= 0.6 is 23.2 Å². The molecule has 0 bridgehead atoms. The van der Waals surface area contributed by atoms with E-state index in [1.165, 1.54) is 11.6 Å². The maximum Gasteiger partial charge on any atom is 0.244 e. The molecule has 0 aliphatic rings. The molecule has 0 fully saturated rings. The number of nitrogens with one attached hydrogen (secondary N) is 1. The number of hydrogen-bond acceptors (Lipinski definition) is 1. The van der Waals surface area contributed by atoms with Crippen LogP contribution in [0.25, 0.3) is 6.08 Å². The summed E-state index contributed by atoms with van der Waals surface area (Å²) in [6.45, 7) is 0.645. The molecule has 0 aromatic heterocycles. The van der Waals surface area contributed by atoms with Crippen molar-refractivity contribution in [3.05, 3.63) is 75.8 Å². The van der Waals surface area contributed by atoms with E-state index in [-0.39, 0.29) is 5.91 Å². The molecule has 1 amide bonds. The van der Waals surface area contributed by atoms with E-state index in [0.29, 0.717) is 16.6 Å². The topological polar surface area (TPSA) is 29.1 Å². The van der Waals surface area contributed by atoms with E-state index < -0.39 is 0 Å². The molecule has 0 saturated carbocycles. The summed E-state index contributed by atoms with van der Waals surface area (Å²) in [5.41, 5.74) is 2.05. The Morgan fingerprint density at radius 1 is 1.09 bits per heavy atom. The first-order chi connectivity index (χ1) is 10.6. The third kappa shape index (κ3) is 5.55. The van der Waals surface area contributed by atoms with Crippen molar-refractivity contribution in [1.29, 1.82) is 0 Å². The lowest BCUT2D eigenvalue weighted by molar-refractivity contribution is -0.116. The van der Waals surface area contributed by atoms with Gasteiger partial charge in [0.1, 0.15) is 0 Å². The van der Waals surface area contributed by atoms with Crippen LogP contribution < -0.4 is 5.32 Å². The zero-order valence-corrected chi connectivity index (χ0v) is 13.6. The van der Waals surface area contributed by atoms with Crippen LogP contribution in [0.15, 0.2) is 54.6 Å². The van der Waals surface area contributed by atoms with Gasteiger partial charge in [0, 0.05) is 22.7 Å². The van der Waals surface area contributed by atoms with Gasteiger partial charge < -0.3 is 5.32 Å². The highest BCUT2D eigenvalue weighted by molar-refractivity contribution is 6.35. The molecule has 4 heteroatoms. The number of carbonyl (C=O) groups is 1. The SMILES string of the molecule is O=C(/C=C/c1ccc(Cl)cc1Cl)NCCCc1ccccc1. The number of amides is 1. The standard InChI is InChI=1S/C18H17Cl2NO/c19-16-10-8-15(17(20)13-16)9-11-18(22)21-12-4-7-14-5-2-1-3-6-14/h1-3,5-6,8-11,13H,4,7,12H2,(H,21,22)/b11-9+. The molecule has 0 unspecified atom stereocenters. The van der Waals surface area contributed by atoms with Crippen molar-refractivity contribution in [3.8, 4) is 0 Å². The molecule has 0 aliphatic heterocycles. The Hall–Kier alpha value is -1.77. The third-order valence-electron chi connectivity index (χ3n) is 3.16. The zero-order chi connectivity index (χ0) is 15.8. The van der Waals surface area contributed by atoms with Gasteiger partial charge >= 0.3 is 0 Å². The highest BCUT2D eigenvalue weighted by atomic mass is 35.5. The fourth-order valence-corrected chi connectivity index (χ4v) is 2.48. The molecule has 2 aromatic rings. The van der Waals surface area contributed by atoms with E-state index in [1.807, 2.05) is 18.2 Å². The molecule has 0 radical (unpaired) electrons. The minimum atomic E-state index is -0.126. The van der Waals surface area contributed by atoms with Crippen LogP contribution in [0.3, 0.4) is 0 Å². The summed E-state index contributed by atoms with van der Waals surface area (Å²) in [5, 5.41) is 3.96. The van der Waals surface area contributed by atoms with Gasteiger partial charge in [0.2, 0.25) is 5.91 Å². The minimum absolute atomic E-state index is 0.126. The number of aryl methyl sites for hydroxylation is 1. The van der Waals surface area contributed by atoms with E-state index in [1.54, 1.807) is 24.3 Å². The third-order valence-corrected chi connectivity index (χ3v) is 3.72. The predicted molar refractivity (Wildman–Crippen MR) is 93.3 cm³/mol. The molecular formula is C18H17Cl2NO. The summed E-state index contributed by atoms with van der Waals surface area (Å²) < 4.78 is 0. The molecule has 0 heterocycles. The first kappa shape index (κ1) is 16.6. The average Bonchev–Trinajstić information content (AvgIpc) is 2.52. The lowest BCUT2D eigenvalue weighted by Gasteiger charge is -2.03. The number of carbonyl (C=O) groups excluding carboxylic acids is 1. The van der Waals surface area contributed by atoms with Gasteiger partial charge in [-0.2, -0.15) is 0 Å². The fourth-order valence-electron chi connectivity index (χ4n) is 2.01. The average molecular weight is 334 g/mol. The molecule has 0 saturated heterocycles. The maximum absolute atomic E-state index is 11.7. The van der Waals surface area contributed by atoms with E-state index in [0.717, 1.165) is 18.4 Å². The van der Waals surface area contributed by atoms with Crippen LogP contribution in [0.5, 0.6) is 0 Å². The molecule has 0 aliphatic carbocycles. The highest BCUT2D eigenvalue weighted by Gasteiger charge is 1.99. The van der Waals surface area contributed by atoms with Crippen molar-refractivity contribution in [2.75, 3.05) is 6.54 Å². The quantitative estimate of drug-likeness (QED) is 0.599. The van der Waals surface area contributed by atoms with Gasteiger partial charge in [0.25, 0.3) is 0 Å². The Balaban J connectivity index is 1.74. The minimum Gasteiger partial charge on any atom is -0.353 e. The van der Waals surface area contributed by atoms with Crippen molar-refractivity contribution in [2.45, 2.75) is 12.8 Å². The van der Waals surface area contributed by atoms with Gasteiger partial charge in [0.05, 0.1) is 0 Å². The maximum atomic E-state index is 11.7. The fraction of sp³-hybridized carbons (Fsp3) is 0.167. The van der Waals surface area contributed by atoms with Gasteiger partial charge in [0.15, 0.2) is 0 Å². The summed E-state index contributed by atoms with van der Waals surface area (Å²) >= 11 is 11.9. The first-order valence-electron chi connectivity index (χ1n) is 7.10. The summed E-state index contributed by atoms with van der Waals surface area (Å²) in [5.74, 6) is -0.126. The number of hydrogen-bond donors (Lipinski definition) is 1. The van der Waals surface area contributed by atoms with Crippen molar-refractivity contribution in [3.63, 3.8) is 0 Å². The molecule has 1 N–H and O–H groups in total. The second kappa shape index (κ2) is 8.62. The smallest absolute Gasteiger partial charge is 0.244 e. The zero-order valence-electron chi connectivity index (χ0n) is 12.1. The Morgan fingerprint density at radius 3 is 2.59 bits per heavy atom. The van der Waals surface area contributed by atoms with Crippen LogP contribution in [-0.4, -0.2) is 12.5 Å². The number of halogens is 2. The Bertz CT molecular complexity index is 653. The van der Waals surface area contributed by atoms with Gasteiger partial charge in [-0.3, -0.25) is 4.79 Å². The van der Waals surface area contributed by atoms with Crippen LogP contribution in [0.1, 0.15) is 17.5 Å². The van der Waals surface area contributed by atoms with Crippen LogP contribution in [0.2, 0.25) is 10.0 Å². The number of rotatable bonds is 6. The molecule has 2 aromatic carbocycles. The number of benzene rings is 2. The van der Waals surface area contributed by atoms with E-state index in [2.05, 4.69) is 17.4 Å². The van der Waals surface area contributed by atoms with E-state index in [4.69, 9.17) is 23.2 Å². The second-order valence-corrected chi connectivity index (χ2v) is 5.72. The molecule has 0 atom stereocenters. The molecule has 0 spiro atoms. The van der Waals surface area contributed by atoms with E-state index >= 15 is 0 Å². The molecular weight excluding hydrogens is 317 g/mol. The van der Waals surface area contributed by atoms with Crippen molar-refractivity contribution >= 4 is 35.2 Å². The Labute approximate surface area is 140 Å². The molecule has 114 valence electrons. The lowest BCUT2D eigenvalue weighted by atomic mass is 10.1. The van der Waals surface area contributed by atoms with Crippen molar-refractivity contribution in [2.24, 2.45) is 0 Å². The second-order valence-electron chi connectivity index (χ2n) is 4.88. The van der Waals surface area contributed by atoms with Crippen LogP contribution in [-0.2, 0) is 11.2 Å². The Morgan fingerprint density at radius 2 is 1.86 bits per heavy atom. The van der Waals surface area contributed by atoms with Gasteiger partial charge in [-0.1, -0.05) is 59.6 Å². The van der Waals surface area contributed by atoms with Crippen LogP contribution in [0, 0.1) is 0 Å². The van der Waals surface area contributed by atoms with Gasteiger partial charge in [-0.15, -0.1) is 0 Å². The Kier molecular flexibility index (Phi) is 6.50. The molecule has 2 nitrogen and oxygen atoms in total. The summed E-state index contributed by atoms with van der Waals surface area (Å²) in [4.78, 5) is 11.7. The monoisotopic (exact) mass is 333 g/mol. The normalized spacial score (nSPS) is 10.8. The predicted octanol–water partition coefficient (Wildman–Crippen LogP) is 4.76. The summed E-state index contributed by atoms with van der Waals surface area (Å²) in [6.07, 6.45) is 5.03. The van der Waals surface area contributed by atoms with Gasteiger partial charge in [-0.25, -0.2) is 0 Å². The van der Waals surface area contributed by atoms with E-state index in [9.17, 15) is 4.79 Å². The van der Waals surface area contributed by atoms with Crippen molar-refractivity contribution in [1.82, 2.24) is 5.32 Å². The summed E-state index contributed by atoms with van der Waals surface area (Å²) in [6, 6.07) is 15.4. The summed E-state index contributed by atoms with van der Waals surface area (Å²) in [7, 11) is 0. The molecule has 22 heavy (non-hydrogen) atoms. The molecule has 2 rings (SSSR count). The van der Waals surface area contributed by atoms with Crippen molar-refractivity contribution < 1.29 is 4.79 Å². The van der Waals surface area contributed by atoms with Gasteiger partial charge in [-0.05, 0) is 42.2 Å². The van der Waals surface area contributed by atoms with Crippen LogP contribution in [0.4, 0.5) is 0 Å². The lowest BCUT2D eigenvalue weighted by Crippen LogP contribution is -2.22. The first-order valence-corrected chi connectivity index (χ1v) is 7.85. The highest BCUT2D eigenvalue weighted by Crippen LogP contribution is 2.21.